The number of halogens is 1. The molecule has 4 rings (SSSR count). The van der Waals surface area contributed by atoms with E-state index < -0.39 is 11.9 Å². The van der Waals surface area contributed by atoms with Crippen molar-refractivity contribution in [1.82, 2.24) is 4.90 Å². The zero-order chi connectivity index (χ0) is 23.7. The fraction of sp³-hybridized carbons (Fsp3) is 0.480. The lowest BCUT2D eigenvalue weighted by molar-refractivity contribution is -0.138. The third-order valence-corrected chi connectivity index (χ3v) is 7.13. The lowest BCUT2D eigenvalue weighted by Crippen LogP contribution is -2.41. The van der Waals surface area contributed by atoms with Gasteiger partial charge in [-0.3, -0.25) is 14.4 Å². The van der Waals surface area contributed by atoms with E-state index in [0.717, 1.165) is 20.5 Å². The number of nitrogens with zero attached hydrogens (tertiary/aromatic N) is 1. The third-order valence-electron chi connectivity index (χ3n) is 6.33. The number of carboxylic acid groups (broad SMARTS) is 1. The van der Waals surface area contributed by atoms with E-state index in [1.165, 1.54) is 0 Å². The second kappa shape index (κ2) is 9.87. The van der Waals surface area contributed by atoms with Gasteiger partial charge in [0.25, 0.3) is 0 Å². The average molecular weight is 565 g/mol. The van der Waals surface area contributed by atoms with E-state index in [1.54, 1.807) is 4.90 Å². The Morgan fingerprint density at radius 1 is 1.00 bits per heavy atom. The van der Waals surface area contributed by atoms with E-state index >= 15 is 0 Å². The molecule has 1 N–H and O–H groups in total. The zero-order valence-electron chi connectivity index (χ0n) is 18.9. The zero-order valence-corrected chi connectivity index (χ0v) is 21.1. The minimum absolute atomic E-state index is 0.0107. The van der Waals surface area contributed by atoms with Gasteiger partial charge in [0.1, 0.15) is 6.54 Å². The Kier molecular flexibility index (Phi) is 7.11. The highest BCUT2D eigenvalue weighted by Gasteiger charge is 2.44. The quantitative estimate of drug-likeness (QED) is 0.484. The van der Waals surface area contributed by atoms with Crippen LogP contribution >= 0.6 is 22.6 Å². The molecule has 0 fully saturated rings. The lowest BCUT2D eigenvalue weighted by Gasteiger charge is -2.43. The van der Waals surface area contributed by atoms with Gasteiger partial charge in [-0.2, -0.15) is 0 Å². The molecule has 2 aliphatic carbocycles. The van der Waals surface area contributed by atoms with Crippen molar-refractivity contribution in [1.29, 1.82) is 0 Å². The van der Waals surface area contributed by atoms with Crippen LogP contribution in [0.15, 0.2) is 34.7 Å². The number of aliphatic carboxylic acids is 1. The minimum Gasteiger partial charge on any atom is -0.490 e. The summed E-state index contributed by atoms with van der Waals surface area (Å²) >= 11 is 2.20. The Morgan fingerprint density at radius 3 is 2.09 bits per heavy atom. The first-order chi connectivity index (χ1) is 15.9. The van der Waals surface area contributed by atoms with Gasteiger partial charge in [0.05, 0.1) is 16.8 Å². The Balaban J connectivity index is 1.96. The minimum atomic E-state index is -0.975. The summed E-state index contributed by atoms with van der Waals surface area (Å²) in [7, 11) is 0. The SMILES string of the molecule is CCOc1cc(C2C3=C(CCCC3=O)N(CC(=O)O)C3=C2C(=O)CCC3)cc(I)c1OCC. The molecular formula is C25H28INO6. The Hall–Kier alpha value is -2.36. The van der Waals surface area contributed by atoms with Crippen molar-refractivity contribution in [3.8, 4) is 11.5 Å². The molecule has 0 radical (unpaired) electrons. The van der Waals surface area contributed by atoms with Crippen molar-refractivity contribution in [3.05, 3.63) is 43.8 Å². The van der Waals surface area contributed by atoms with Crippen LogP contribution in [0.2, 0.25) is 0 Å². The van der Waals surface area contributed by atoms with Crippen molar-refractivity contribution in [3.63, 3.8) is 0 Å². The molecule has 0 atom stereocenters. The van der Waals surface area contributed by atoms with Gasteiger partial charge in [-0.1, -0.05) is 0 Å². The maximum absolute atomic E-state index is 13.3. The standard InChI is InChI=1S/C25H28INO6/c1-3-32-20-12-14(11-15(26)25(20)33-4-2)22-23-16(7-5-9-18(23)28)27(13-21(30)31)17-8-6-10-19(29)24(17)22/h11-12,22H,3-10,13H2,1-2H3,(H,30,31). The predicted molar refractivity (Wildman–Crippen MR) is 130 cm³/mol. The summed E-state index contributed by atoms with van der Waals surface area (Å²) in [5.74, 6) is -0.265. The first-order valence-corrected chi connectivity index (χ1v) is 12.6. The molecule has 0 bridgehead atoms. The maximum Gasteiger partial charge on any atom is 0.323 e. The third kappa shape index (κ3) is 4.41. The molecule has 0 saturated heterocycles. The van der Waals surface area contributed by atoms with Crippen molar-refractivity contribution in [2.24, 2.45) is 0 Å². The second-order valence-corrected chi connectivity index (χ2v) is 9.55. The molecule has 0 saturated carbocycles. The molecule has 0 amide bonds. The van der Waals surface area contributed by atoms with Gasteiger partial charge >= 0.3 is 5.97 Å². The van der Waals surface area contributed by atoms with Crippen molar-refractivity contribution in [2.45, 2.75) is 58.3 Å². The Bertz CT molecular complexity index is 1030. The predicted octanol–water partition coefficient (Wildman–Crippen LogP) is 4.59. The molecule has 1 aliphatic heterocycles. The molecule has 1 aromatic carbocycles. The van der Waals surface area contributed by atoms with Crippen LogP contribution in [0.25, 0.3) is 0 Å². The fourth-order valence-corrected chi connectivity index (χ4v) is 5.96. The highest BCUT2D eigenvalue weighted by molar-refractivity contribution is 14.1. The molecule has 1 heterocycles. The summed E-state index contributed by atoms with van der Waals surface area (Å²) in [5.41, 5.74) is 3.47. The number of allylic oxidation sites excluding steroid dienone is 4. The highest BCUT2D eigenvalue weighted by atomic mass is 127. The molecule has 33 heavy (non-hydrogen) atoms. The summed E-state index contributed by atoms with van der Waals surface area (Å²) in [6, 6.07) is 3.85. The van der Waals surface area contributed by atoms with Crippen molar-refractivity contribution in [2.75, 3.05) is 19.8 Å². The highest BCUT2D eigenvalue weighted by Crippen LogP contribution is 2.50. The van der Waals surface area contributed by atoms with Gasteiger partial charge < -0.3 is 19.5 Å². The largest absolute Gasteiger partial charge is 0.490 e. The molecule has 7 nitrogen and oxygen atoms in total. The molecule has 0 unspecified atom stereocenters. The second-order valence-electron chi connectivity index (χ2n) is 8.38. The summed E-state index contributed by atoms with van der Waals surface area (Å²) < 4.78 is 12.5. The van der Waals surface area contributed by atoms with E-state index in [2.05, 4.69) is 22.6 Å². The normalized spacial score (nSPS) is 18.9. The molecule has 1 aromatic rings. The molecular weight excluding hydrogens is 537 g/mol. The molecule has 0 spiro atoms. The average Bonchev–Trinajstić information content (AvgIpc) is 2.77. The number of hydrogen-bond donors (Lipinski definition) is 1. The Labute approximate surface area is 206 Å². The van der Waals surface area contributed by atoms with E-state index in [-0.39, 0.29) is 18.1 Å². The van der Waals surface area contributed by atoms with Crippen LogP contribution < -0.4 is 9.47 Å². The Morgan fingerprint density at radius 2 is 1.58 bits per heavy atom. The van der Waals surface area contributed by atoms with E-state index in [1.807, 2.05) is 26.0 Å². The van der Waals surface area contributed by atoms with E-state index in [4.69, 9.17) is 9.47 Å². The van der Waals surface area contributed by atoms with Gasteiger partial charge in [0.15, 0.2) is 23.1 Å². The molecule has 176 valence electrons. The van der Waals surface area contributed by atoms with Crippen molar-refractivity contribution >= 4 is 40.1 Å². The number of ether oxygens (including phenoxy) is 2. The summed E-state index contributed by atoms with van der Waals surface area (Å²) in [5, 5.41) is 9.59. The number of rotatable bonds is 7. The molecule has 3 aliphatic rings. The van der Waals surface area contributed by atoms with Gasteiger partial charge in [-0.05, 0) is 79.8 Å². The first-order valence-electron chi connectivity index (χ1n) is 11.5. The fourth-order valence-electron chi connectivity index (χ4n) is 5.18. The van der Waals surface area contributed by atoms with Gasteiger partial charge in [0, 0.05) is 41.3 Å². The monoisotopic (exact) mass is 565 g/mol. The van der Waals surface area contributed by atoms with Gasteiger partial charge in [-0.25, -0.2) is 0 Å². The smallest absolute Gasteiger partial charge is 0.323 e. The van der Waals surface area contributed by atoms with Crippen LogP contribution in [0.4, 0.5) is 0 Å². The van der Waals surface area contributed by atoms with Crippen molar-refractivity contribution < 1.29 is 29.0 Å². The van der Waals surface area contributed by atoms with Crippen LogP contribution in [0.1, 0.15) is 63.9 Å². The van der Waals surface area contributed by atoms with Crippen LogP contribution in [-0.2, 0) is 14.4 Å². The van der Waals surface area contributed by atoms with E-state index in [9.17, 15) is 19.5 Å². The first kappa shape index (κ1) is 23.8. The number of carboxylic acids is 1. The number of hydrogen-bond acceptors (Lipinski definition) is 6. The summed E-state index contributed by atoms with van der Waals surface area (Å²) in [6.07, 6.45) is 3.42. The number of carbonyl (C=O) groups is 3. The topological polar surface area (TPSA) is 93.1 Å². The molecule has 8 heteroatoms. The van der Waals surface area contributed by atoms with Gasteiger partial charge in [-0.15, -0.1) is 0 Å². The van der Waals surface area contributed by atoms with E-state index in [0.29, 0.717) is 74.4 Å². The van der Waals surface area contributed by atoms with Crippen LogP contribution in [0.5, 0.6) is 11.5 Å². The number of ketones is 2. The number of benzene rings is 1. The summed E-state index contributed by atoms with van der Waals surface area (Å²) in [4.78, 5) is 40.0. The van der Waals surface area contributed by atoms with Crippen LogP contribution in [-0.4, -0.2) is 47.3 Å². The number of Topliss-reactive ketones (excluding diaryl/α,β-unsaturated/α-hetero) is 2. The summed E-state index contributed by atoms with van der Waals surface area (Å²) in [6.45, 7) is 4.51. The van der Waals surface area contributed by atoms with Gasteiger partial charge in [0.2, 0.25) is 0 Å². The number of carbonyl (C=O) groups excluding carboxylic acids is 2. The van der Waals surface area contributed by atoms with Crippen LogP contribution in [0.3, 0.4) is 0 Å². The maximum atomic E-state index is 13.3. The van der Waals surface area contributed by atoms with Crippen LogP contribution in [0, 0.1) is 3.57 Å². The lowest BCUT2D eigenvalue weighted by atomic mass is 9.71. The molecule has 0 aromatic heterocycles.